The van der Waals surface area contributed by atoms with E-state index < -0.39 is 18.0 Å². The van der Waals surface area contributed by atoms with Crippen molar-refractivity contribution in [2.75, 3.05) is 18.5 Å². The highest BCUT2D eigenvalue weighted by Gasteiger charge is 2.29. The molecule has 1 aliphatic carbocycles. The van der Waals surface area contributed by atoms with Gasteiger partial charge in [-0.2, -0.15) is 0 Å². The van der Waals surface area contributed by atoms with Crippen molar-refractivity contribution in [3.63, 3.8) is 0 Å². The smallest absolute Gasteiger partial charge is 0.411 e. The second-order valence-corrected chi connectivity index (χ2v) is 10.2. The van der Waals surface area contributed by atoms with Crippen LogP contribution in [0.25, 0.3) is 11.1 Å². The number of rotatable bonds is 10. The number of nitrogens with zero attached hydrogens (tertiary/aromatic N) is 1. The number of nitrogens with one attached hydrogen (secondary N) is 1. The molecule has 0 fully saturated rings. The Morgan fingerprint density at radius 3 is 2.02 bits per heavy atom. The zero-order valence-corrected chi connectivity index (χ0v) is 22.8. The van der Waals surface area contributed by atoms with Crippen LogP contribution in [-0.2, 0) is 20.9 Å². The molecule has 0 bridgehead atoms. The number of fused-ring (bicyclic) bond motifs is 3. The largest absolute Gasteiger partial charge is 0.481 e. The topological polar surface area (TPSA) is 95.9 Å². The highest BCUT2D eigenvalue weighted by Crippen LogP contribution is 2.44. The minimum Gasteiger partial charge on any atom is -0.481 e. The molecule has 1 unspecified atom stereocenters. The first-order chi connectivity index (χ1) is 19.9. The summed E-state index contributed by atoms with van der Waals surface area (Å²) in [4.78, 5) is 38.8. The Kier molecular flexibility index (Phi) is 8.44. The summed E-state index contributed by atoms with van der Waals surface area (Å²) in [6, 6.07) is 32.9. The van der Waals surface area contributed by atoms with Crippen LogP contribution in [0.1, 0.15) is 47.4 Å². The molecule has 208 valence electrons. The Labute approximate surface area is 239 Å². The molecular formula is C34H32N2O5. The molecule has 4 aromatic carbocycles. The van der Waals surface area contributed by atoms with Crippen LogP contribution in [-0.4, -0.2) is 41.1 Å². The maximum atomic E-state index is 13.4. The molecule has 0 aliphatic heterocycles. The summed E-state index contributed by atoms with van der Waals surface area (Å²) in [6.07, 6.45) is -0.680. The molecule has 0 spiro atoms. The van der Waals surface area contributed by atoms with Crippen molar-refractivity contribution < 1.29 is 24.2 Å². The Morgan fingerprint density at radius 1 is 0.829 bits per heavy atom. The first-order valence-corrected chi connectivity index (χ1v) is 13.7. The standard InChI is InChI=1S/C34H32N2O5/c1-23(33(39)36(20-19-32(37)38)21-24-9-3-2-4-10-24)25-15-17-26(18-16-25)35-34(40)41-22-31-29-13-7-5-11-27(29)28-12-6-8-14-30(28)31/h2-18,23,31H,19-22H2,1H3,(H,35,40)(H,37,38). The lowest BCUT2D eigenvalue weighted by molar-refractivity contribution is -0.139. The Balaban J connectivity index is 1.20. The fourth-order valence-electron chi connectivity index (χ4n) is 5.33. The van der Waals surface area contributed by atoms with Gasteiger partial charge in [-0.25, -0.2) is 4.79 Å². The van der Waals surface area contributed by atoms with Crippen LogP contribution in [0.5, 0.6) is 0 Å². The van der Waals surface area contributed by atoms with Crippen molar-refractivity contribution in [3.05, 3.63) is 125 Å². The quantitative estimate of drug-likeness (QED) is 0.231. The fraction of sp³-hybridized carbons (Fsp3) is 0.206. The summed E-state index contributed by atoms with van der Waals surface area (Å²) in [7, 11) is 0. The number of carboxylic acids is 1. The number of benzene rings is 4. The SMILES string of the molecule is CC(C(=O)N(CCC(=O)O)Cc1ccccc1)c1ccc(NC(=O)OCC2c3ccccc3-c3ccccc32)cc1. The average molecular weight is 549 g/mol. The average Bonchev–Trinajstić information content (AvgIpc) is 3.32. The van der Waals surface area contributed by atoms with Crippen LogP contribution in [0.3, 0.4) is 0 Å². The molecule has 1 aliphatic rings. The van der Waals surface area contributed by atoms with E-state index in [2.05, 4.69) is 29.6 Å². The summed E-state index contributed by atoms with van der Waals surface area (Å²) in [6.45, 7) is 2.47. The summed E-state index contributed by atoms with van der Waals surface area (Å²) >= 11 is 0. The van der Waals surface area contributed by atoms with Gasteiger partial charge in [0.2, 0.25) is 5.91 Å². The van der Waals surface area contributed by atoms with Gasteiger partial charge in [0.15, 0.2) is 0 Å². The van der Waals surface area contributed by atoms with Gasteiger partial charge in [0.1, 0.15) is 6.61 Å². The third-order valence-corrected chi connectivity index (χ3v) is 7.49. The molecule has 2 amide bonds. The van der Waals surface area contributed by atoms with Gasteiger partial charge in [-0.15, -0.1) is 0 Å². The van der Waals surface area contributed by atoms with Gasteiger partial charge in [-0.3, -0.25) is 14.9 Å². The summed E-state index contributed by atoms with van der Waals surface area (Å²) in [5.41, 5.74) is 6.88. The monoisotopic (exact) mass is 548 g/mol. The predicted octanol–water partition coefficient (Wildman–Crippen LogP) is 6.65. The number of carbonyl (C=O) groups excluding carboxylic acids is 2. The minimum atomic E-state index is -0.952. The predicted molar refractivity (Wildman–Crippen MR) is 158 cm³/mol. The van der Waals surface area contributed by atoms with Crippen LogP contribution < -0.4 is 5.32 Å². The number of amides is 2. The van der Waals surface area contributed by atoms with Crippen molar-refractivity contribution in [2.45, 2.75) is 31.7 Å². The number of carboxylic acid groups (broad SMARTS) is 1. The number of aliphatic carboxylic acids is 1. The molecule has 2 N–H and O–H groups in total. The first-order valence-electron chi connectivity index (χ1n) is 13.7. The Bertz CT molecular complexity index is 1490. The van der Waals surface area contributed by atoms with E-state index in [1.54, 1.807) is 36.1 Å². The molecule has 41 heavy (non-hydrogen) atoms. The number of hydrogen-bond acceptors (Lipinski definition) is 4. The van der Waals surface area contributed by atoms with E-state index in [1.807, 2.05) is 54.6 Å². The maximum absolute atomic E-state index is 13.4. The lowest BCUT2D eigenvalue weighted by Gasteiger charge is -2.26. The molecule has 4 aromatic rings. The van der Waals surface area contributed by atoms with Crippen LogP contribution in [0.2, 0.25) is 0 Å². The summed E-state index contributed by atoms with van der Waals surface area (Å²) < 4.78 is 5.63. The molecule has 0 saturated carbocycles. The molecule has 0 saturated heterocycles. The van der Waals surface area contributed by atoms with Crippen molar-refractivity contribution in [3.8, 4) is 11.1 Å². The molecule has 0 radical (unpaired) electrons. The van der Waals surface area contributed by atoms with Gasteiger partial charge < -0.3 is 14.7 Å². The maximum Gasteiger partial charge on any atom is 0.411 e. The van der Waals surface area contributed by atoms with E-state index in [1.165, 1.54) is 11.1 Å². The molecule has 7 heteroatoms. The third-order valence-electron chi connectivity index (χ3n) is 7.49. The fourth-order valence-corrected chi connectivity index (χ4v) is 5.33. The van der Waals surface area contributed by atoms with E-state index in [0.29, 0.717) is 12.2 Å². The molecular weight excluding hydrogens is 516 g/mol. The van der Waals surface area contributed by atoms with Crippen molar-refractivity contribution in [1.82, 2.24) is 4.90 Å². The molecule has 0 aromatic heterocycles. The van der Waals surface area contributed by atoms with Gasteiger partial charge >= 0.3 is 12.1 Å². The normalized spacial score (nSPS) is 12.6. The van der Waals surface area contributed by atoms with E-state index in [0.717, 1.165) is 22.3 Å². The lowest BCUT2D eigenvalue weighted by Crippen LogP contribution is -2.35. The van der Waals surface area contributed by atoms with Crippen LogP contribution in [0.15, 0.2) is 103 Å². The molecule has 0 heterocycles. The zero-order valence-electron chi connectivity index (χ0n) is 22.8. The molecule has 1 atom stereocenters. The number of hydrogen-bond donors (Lipinski definition) is 2. The minimum absolute atomic E-state index is 0.0256. The number of anilines is 1. The Morgan fingerprint density at radius 2 is 1.41 bits per heavy atom. The van der Waals surface area contributed by atoms with Crippen molar-refractivity contribution in [1.29, 1.82) is 0 Å². The van der Waals surface area contributed by atoms with Crippen molar-refractivity contribution >= 4 is 23.7 Å². The van der Waals surface area contributed by atoms with Crippen molar-refractivity contribution in [2.24, 2.45) is 0 Å². The van der Waals surface area contributed by atoms with E-state index >= 15 is 0 Å². The van der Waals surface area contributed by atoms with Gasteiger partial charge in [0, 0.05) is 24.7 Å². The van der Waals surface area contributed by atoms with Gasteiger partial charge in [-0.05, 0) is 52.4 Å². The third kappa shape index (κ3) is 6.47. The lowest BCUT2D eigenvalue weighted by atomic mass is 9.98. The van der Waals surface area contributed by atoms with Gasteiger partial charge in [-0.1, -0.05) is 91.0 Å². The van der Waals surface area contributed by atoms with Gasteiger partial charge in [0.05, 0.1) is 12.3 Å². The van der Waals surface area contributed by atoms with E-state index in [4.69, 9.17) is 4.74 Å². The van der Waals surface area contributed by atoms with E-state index in [-0.39, 0.29) is 31.4 Å². The highest BCUT2D eigenvalue weighted by molar-refractivity contribution is 5.86. The van der Waals surface area contributed by atoms with Crippen LogP contribution in [0, 0.1) is 0 Å². The molecule has 5 rings (SSSR count). The van der Waals surface area contributed by atoms with Crippen LogP contribution in [0.4, 0.5) is 10.5 Å². The summed E-state index contributed by atoms with van der Waals surface area (Å²) in [5.74, 6) is -1.63. The number of carbonyl (C=O) groups is 3. The number of ether oxygens (including phenoxy) is 1. The second kappa shape index (κ2) is 12.5. The van der Waals surface area contributed by atoms with E-state index in [9.17, 15) is 19.5 Å². The molecule has 7 nitrogen and oxygen atoms in total. The van der Waals surface area contributed by atoms with Gasteiger partial charge in [0.25, 0.3) is 0 Å². The Hall–Kier alpha value is -4.91. The first kappa shape index (κ1) is 27.6. The second-order valence-electron chi connectivity index (χ2n) is 10.2. The highest BCUT2D eigenvalue weighted by atomic mass is 16.5. The zero-order chi connectivity index (χ0) is 28.8. The van der Waals surface area contributed by atoms with Crippen LogP contribution >= 0.6 is 0 Å². The summed E-state index contributed by atoms with van der Waals surface area (Å²) in [5, 5.41) is 11.9.